The van der Waals surface area contributed by atoms with Crippen LogP contribution in [-0.2, 0) is 4.79 Å². The third-order valence-electron chi connectivity index (χ3n) is 3.79. The van der Waals surface area contributed by atoms with Crippen LogP contribution in [0.3, 0.4) is 0 Å². The first kappa shape index (κ1) is 10.9. The van der Waals surface area contributed by atoms with Crippen molar-refractivity contribution in [1.29, 1.82) is 0 Å². The average Bonchev–Trinajstić information content (AvgIpc) is 2.69. The van der Waals surface area contributed by atoms with Crippen molar-refractivity contribution in [2.24, 2.45) is 5.92 Å². The minimum atomic E-state index is 0.327. The van der Waals surface area contributed by atoms with Gasteiger partial charge >= 0.3 is 0 Å². The second-order valence-electron chi connectivity index (χ2n) is 5.08. The van der Waals surface area contributed by atoms with Gasteiger partial charge in [0, 0.05) is 31.1 Å². The number of carbonyl (C=O) groups excluding carboxylic acids is 1. The van der Waals surface area contributed by atoms with Gasteiger partial charge in [0.15, 0.2) is 0 Å². The Morgan fingerprint density at radius 1 is 1.13 bits per heavy atom. The molecule has 1 N–H and O–H groups in total. The quantitative estimate of drug-likeness (QED) is 0.709. The summed E-state index contributed by atoms with van der Waals surface area (Å²) in [6, 6.07) is 0.726. The Hall–Kier alpha value is -0.570. The van der Waals surface area contributed by atoms with Crippen molar-refractivity contribution in [1.82, 2.24) is 10.2 Å². The van der Waals surface area contributed by atoms with E-state index in [1.807, 2.05) is 0 Å². The van der Waals surface area contributed by atoms with E-state index in [0.29, 0.717) is 23.9 Å². The molecule has 0 aromatic carbocycles. The molecular formula is C12H22N2O. The first-order chi connectivity index (χ1) is 7.20. The summed E-state index contributed by atoms with van der Waals surface area (Å²) in [7, 11) is 0. The van der Waals surface area contributed by atoms with Crippen LogP contribution in [0, 0.1) is 5.92 Å². The highest BCUT2D eigenvalue weighted by atomic mass is 16.2. The molecule has 0 radical (unpaired) electrons. The standard InChI is InChI=1S/C12H22N2O/c1-9-7-13-8-10(2)14(9)12(15)11-5-3-4-6-11/h9-11,13H,3-8H2,1-2H3. The predicted octanol–water partition coefficient (Wildman–Crippen LogP) is 1.39. The Labute approximate surface area is 92.2 Å². The number of piperazine rings is 1. The highest BCUT2D eigenvalue weighted by molar-refractivity contribution is 5.79. The van der Waals surface area contributed by atoms with E-state index in [1.54, 1.807) is 0 Å². The van der Waals surface area contributed by atoms with Crippen LogP contribution < -0.4 is 5.32 Å². The Bertz CT molecular complexity index is 226. The molecule has 1 heterocycles. The van der Waals surface area contributed by atoms with Crippen LogP contribution in [0.25, 0.3) is 0 Å². The fourth-order valence-electron chi connectivity index (χ4n) is 2.95. The molecular weight excluding hydrogens is 188 g/mol. The number of nitrogens with one attached hydrogen (secondary N) is 1. The molecule has 3 nitrogen and oxygen atoms in total. The monoisotopic (exact) mass is 210 g/mol. The zero-order valence-corrected chi connectivity index (χ0v) is 9.83. The van der Waals surface area contributed by atoms with Crippen LogP contribution >= 0.6 is 0 Å². The smallest absolute Gasteiger partial charge is 0.226 e. The molecule has 3 heteroatoms. The molecule has 0 aromatic rings. The summed E-state index contributed by atoms with van der Waals surface area (Å²) in [5, 5.41) is 3.37. The normalized spacial score (nSPS) is 33.3. The summed E-state index contributed by atoms with van der Waals surface area (Å²) in [4.78, 5) is 14.4. The van der Waals surface area contributed by atoms with E-state index in [4.69, 9.17) is 0 Å². The zero-order valence-electron chi connectivity index (χ0n) is 9.83. The van der Waals surface area contributed by atoms with Crippen LogP contribution in [0.2, 0.25) is 0 Å². The van der Waals surface area contributed by atoms with E-state index in [2.05, 4.69) is 24.1 Å². The lowest BCUT2D eigenvalue weighted by atomic mass is 10.0. The molecule has 2 rings (SSSR count). The van der Waals surface area contributed by atoms with Crippen molar-refractivity contribution in [3.05, 3.63) is 0 Å². The van der Waals surface area contributed by atoms with Crippen LogP contribution in [0.15, 0.2) is 0 Å². The molecule has 2 atom stereocenters. The van der Waals surface area contributed by atoms with Crippen molar-refractivity contribution < 1.29 is 4.79 Å². The number of hydrogen-bond donors (Lipinski definition) is 1. The van der Waals surface area contributed by atoms with Crippen LogP contribution in [0.5, 0.6) is 0 Å². The molecule has 0 bridgehead atoms. The van der Waals surface area contributed by atoms with Crippen molar-refractivity contribution in [2.45, 2.75) is 51.6 Å². The lowest BCUT2D eigenvalue weighted by Gasteiger charge is -2.40. The van der Waals surface area contributed by atoms with Crippen molar-refractivity contribution in [3.8, 4) is 0 Å². The van der Waals surface area contributed by atoms with Gasteiger partial charge in [0.2, 0.25) is 5.91 Å². The Balaban J connectivity index is 2.02. The average molecular weight is 210 g/mol. The lowest BCUT2D eigenvalue weighted by Crippen LogP contribution is -2.58. The minimum Gasteiger partial charge on any atom is -0.334 e. The van der Waals surface area contributed by atoms with Gasteiger partial charge in [-0.1, -0.05) is 12.8 Å². The third-order valence-corrected chi connectivity index (χ3v) is 3.79. The van der Waals surface area contributed by atoms with Gasteiger partial charge in [-0.05, 0) is 26.7 Å². The summed E-state index contributed by atoms with van der Waals surface area (Å²) in [6.07, 6.45) is 4.71. The molecule has 1 aliphatic carbocycles. The Morgan fingerprint density at radius 2 is 1.67 bits per heavy atom. The maximum Gasteiger partial charge on any atom is 0.226 e. The molecule has 2 aliphatic rings. The number of nitrogens with zero attached hydrogens (tertiary/aromatic N) is 1. The van der Waals surface area contributed by atoms with E-state index in [-0.39, 0.29) is 0 Å². The first-order valence-corrected chi connectivity index (χ1v) is 6.23. The molecule has 2 unspecified atom stereocenters. The van der Waals surface area contributed by atoms with Crippen LogP contribution in [-0.4, -0.2) is 36.0 Å². The molecule has 1 saturated heterocycles. The number of amides is 1. The summed E-state index contributed by atoms with van der Waals surface area (Å²) >= 11 is 0. The molecule has 1 aliphatic heterocycles. The largest absolute Gasteiger partial charge is 0.334 e. The van der Waals surface area contributed by atoms with Gasteiger partial charge in [-0.15, -0.1) is 0 Å². The molecule has 0 spiro atoms. The summed E-state index contributed by atoms with van der Waals surface area (Å²) in [6.45, 7) is 6.19. The molecule has 0 aromatic heterocycles. The Morgan fingerprint density at radius 3 is 2.20 bits per heavy atom. The van der Waals surface area contributed by atoms with Crippen molar-refractivity contribution in [3.63, 3.8) is 0 Å². The van der Waals surface area contributed by atoms with Gasteiger partial charge in [-0.3, -0.25) is 4.79 Å². The van der Waals surface area contributed by atoms with E-state index >= 15 is 0 Å². The number of rotatable bonds is 1. The van der Waals surface area contributed by atoms with E-state index in [9.17, 15) is 4.79 Å². The lowest BCUT2D eigenvalue weighted by molar-refractivity contribution is -0.140. The summed E-state index contributed by atoms with van der Waals surface area (Å²) in [5.74, 6) is 0.738. The fraction of sp³-hybridized carbons (Fsp3) is 0.917. The van der Waals surface area contributed by atoms with Gasteiger partial charge in [0.25, 0.3) is 0 Å². The SMILES string of the molecule is CC1CNCC(C)N1C(=O)C1CCCC1. The van der Waals surface area contributed by atoms with Gasteiger partial charge in [-0.25, -0.2) is 0 Å². The first-order valence-electron chi connectivity index (χ1n) is 6.23. The van der Waals surface area contributed by atoms with Gasteiger partial charge < -0.3 is 10.2 Å². The maximum absolute atomic E-state index is 12.3. The highest BCUT2D eigenvalue weighted by Crippen LogP contribution is 2.28. The molecule has 1 amide bonds. The summed E-state index contributed by atoms with van der Waals surface area (Å²) in [5.41, 5.74) is 0. The second-order valence-corrected chi connectivity index (χ2v) is 5.08. The van der Waals surface area contributed by atoms with Crippen LogP contribution in [0.1, 0.15) is 39.5 Å². The van der Waals surface area contributed by atoms with Gasteiger partial charge in [0.05, 0.1) is 0 Å². The zero-order chi connectivity index (χ0) is 10.8. The highest BCUT2D eigenvalue weighted by Gasteiger charge is 2.34. The molecule has 15 heavy (non-hydrogen) atoms. The topological polar surface area (TPSA) is 32.3 Å². The maximum atomic E-state index is 12.3. The molecule has 86 valence electrons. The summed E-state index contributed by atoms with van der Waals surface area (Å²) < 4.78 is 0. The van der Waals surface area contributed by atoms with Crippen molar-refractivity contribution in [2.75, 3.05) is 13.1 Å². The van der Waals surface area contributed by atoms with Crippen LogP contribution in [0.4, 0.5) is 0 Å². The number of carbonyl (C=O) groups is 1. The number of hydrogen-bond acceptors (Lipinski definition) is 2. The van der Waals surface area contributed by atoms with E-state index in [1.165, 1.54) is 12.8 Å². The van der Waals surface area contributed by atoms with Gasteiger partial charge in [-0.2, -0.15) is 0 Å². The second kappa shape index (κ2) is 4.52. The third kappa shape index (κ3) is 2.17. The van der Waals surface area contributed by atoms with E-state index in [0.717, 1.165) is 25.9 Å². The molecule has 2 fully saturated rings. The fourth-order valence-corrected chi connectivity index (χ4v) is 2.95. The van der Waals surface area contributed by atoms with Crippen molar-refractivity contribution >= 4 is 5.91 Å². The molecule has 1 saturated carbocycles. The predicted molar refractivity (Wildman–Crippen MR) is 60.6 cm³/mol. The van der Waals surface area contributed by atoms with E-state index < -0.39 is 0 Å². The Kier molecular flexibility index (Phi) is 3.29. The minimum absolute atomic E-state index is 0.327. The van der Waals surface area contributed by atoms with Gasteiger partial charge in [0.1, 0.15) is 0 Å².